The highest BCUT2D eigenvalue weighted by molar-refractivity contribution is 6.30. The Morgan fingerprint density at radius 3 is 2.48 bits per heavy atom. The summed E-state index contributed by atoms with van der Waals surface area (Å²) in [6.45, 7) is 2.06. The first-order valence-corrected chi connectivity index (χ1v) is 9.18. The van der Waals surface area contributed by atoms with E-state index in [2.05, 4.69) is 10.1 Å². The number of pyridine rings is 1. The van der Waals surface area contributed by atoms with Crippen LogP contribution in [0.15, 0.2) is 59.7 Å². The van der Waals surface area contributed by atoms with Crippen molar-refractivity contribution in [3.8, 4) is 0 Å². The van der Waals surface area contributed by atoms with E-state index < -0.39 is 11.8 Å². The number of hydrogen-bond acceptors (Lipinski definition) is 4. The van der Waals surface area contributed by atoms with Crippen LogP contribution in [0.1, 0.15) is 32.7 Å². The number of carbonyl (C=O) groups is 1. The molecule has 0 N–H and O–H groups in total. The summed E-state index contributed by atoms with van der Waals surface area (Å²) in [7, 11) is 1.70. The van der Waals surface area contributed by atoms with Crippen molar-refractivity contribution in [2.24, 2.45) is 5.10 Å². The highest BCUT2D eigenvalue weighted by Gasteiger charge is 2.18. The topological polar surface area (TPSA) is 45.6 Å². The smallest absolute Gasteiger partial charge is 0.222 e. The Hall–Kier alpha value is -3.12. The van der Waals surface area contributed by atoms with Crippen LogP contribution in [0.5, 0.6) is 0 Å². The summed E-state index contributed by atoms with van der Waals surface area (Å²) in [6.07, 6.45) is 0.586. The number of rotatable bonds is 6. The summed E-state index contributed by atoms with van der Waals surface area (Å²) in [6, 6.07) is 14.0. The molecule has 0 saturated carbocycles. The SMILES string of the molecule is Cc1ccc(/C(=N/N(C)Cc2ccc(Cl)cc2)c2cc(F)ccc2C=O)c(F)n1. The summed E-state index contributed by atoms with van der Waals surface area (Å²) in [5.74, 6) is -1.30. The third kappa shape index (κ3) is 5.03. The van der Waals surface area contributed by atoms with E-state index >= 15 is 0 Å². The lowest BCUT2D eigenvalue weighted by Crippen LogP contribution is -2.18. The van der Waals surface area contributed by atoms with E-state index in [4.69, 9.17) is 11.6 Å². The molecule has 0 atom stereocenters. The third-order valence-electron chi connectivity index (χ3n) is 4.24. The Bertz CT molecular complexity index is 1070. The van der Waals surface area contributed by atoms with Crippen molar-refractivity contribution in [1.82, 2.24) is 9.99 Å². The monoisotopic (exact) mass is 413 g/mol. The zero-order valence-electron chi connectivity index (χ0n) is 15.9. The number of aldehydes is 1. The first-order chi connectivity index (χ1) is 13.9. The van der Waals surface area contributed by atoms with Gasteiger partial charge in [0.15, 0.2) is 6.29 Å². The molecule has 1 heterocycles. The van der Waals surface area contributed by atoms with Crippen LogP contribution in [-0.2, 0) is 6.54 Å². The van der Waals surface area contributed by atoms with E-state index in [1.807, 2.05) is 12.1 Å². The second kappa shape index (κ2) is 8.92. The molecule has 7 heteroatoms. The molecule has 0 aliphatic rings. The molecule has 0 radical (unpaired) electrons. The molecular weight excluding hydrogens is 396 g/mol. The van der Waals surface area contributed by atoms with Crippen LogP contribution in [0.25, 0.3) is 0 Å². The fourth-order valence-electron chi connectivity index (χ4n) is 2.85. The quantitative estimate of drug-likeness (QED) is 0.247. The average molecular weight is 414 g/mol. The van der Waals surface area contributed by atoms with E-state index in [-0.39, 0.29) is 22.4 Å². The van der Waals surface area contributed by atoms with Crippen LogP contribution in [-0.4, -0.2) is 29.0 Å². The fourth-order valence-corrected chi connectivity index (χ4v) is 2.98. The normalized spacial score (nSPS) is 11.4. The summed E-state index contributed by atoms with van der Waals surface area (Å²) in [4.78, 5) is 15.3. The van der Waals surface area contributed by atoms with Gasteiger partial charge in [-0.15, -0.1) is 0 Å². The highest BCUT2D eigenvalue weighted by Crippen LogP contribution is 2.20. The first-order valence-electron chi connectivity index (χ1n) is 8.80. The van der Waals surface area contributed by atoms with Gasteiger partial charge in [-0.3, -0.25) is 9.80 Å². The molecule has 0 saturated heterocycles. The number of hydrogen-bond donors (Lipinski definition) is 0. The maximum absolute atomic E-state index is 14.6. The van der Waals surface area contributed by atoms with Crippen LogP contribution >= 0.6 is 11.6 Å². The van der Waals surface area contributed by atoms with Gasteiger partial charge < -0.3 is 0 Å². The van der Waals surface area contributed by atoms with Gasteiger partial charge in [-0.05, 0) is 55.0 Å². The largest absolute Gasteiger partial charge is 0.298 e. The van der Waals surface area contributed by atoms with Gasteiger partial charge in [0.2, 0.25) is 5.95 Å². The van der Waals surface area contributed by atoms with Crippen molar-refractivity contribution >= 4 is 23.6 Å². The van der Waals surface area contributed by atoms with Crippen LogP contribution in [0.3, 0.4) is 0 Å². The molecule has 0 aliphatic heterocycles. The van der Waals surface area contributed by atoms with E-state index in [0.717, 1.165) is 11.6 Å². The van der Waals surface area contributed by atoms with Gasteiger partial charge in [-0.2, -0.15) is 9.49 Å². The molecule has 3 aromatic rings. The van der Waals surface area contributed by atoms with Crippen LogP contribution in [0.2, 0.25) is 5.02 Å². The molecule has 3 rings (SSSR count). The van der Waals surface area contributed by atoms with Crippen molar-refractivity contribution in [2.75, 3.05) is 7.05 Å². The van der Waals surface area contributed by atoms with Gasteiger partial charge in [0.05, 0.1) is 12.1 Å². The maximum Gasteiger partial charge on any atom is 0.222 e. The standard InChI is InChI=1S/C22H18ClF2N3O/c1-14-3-10-19(22(25)26-14)21(20-11-18(24)9-6-16(20)13-29)27-28(2)12-15-4-7-17(23)8-5-15/h3-11,13H,12H2,1-2H3/b27-21-. The second-order valence-corrected chi connectivity index (χ2v) is 6.97. The number of halogens is 3. The number of nitrogens with zero attached hydrogens (tertiary/aromatic N) is 3. The maximum atomic E-state index is 14.6. The molecular formula is C22H18ClF2N3O. The lowest BCUT2D eigenvalue weighted by atomic mass is 9.98. The molecule has 2 aromatic carbocycles. The summed E-state index contributed by atoms with van der Waals surface area (Å²) < 4.78 is 28.6. The van der Waals surface area contributed by atoms with Crippen LogP contribution in [0, 0.1) is 18.7 Å². The van der Waals surface area contributed by atoms with Gasteiger partial charge in [0.1, 0.15) is 11.5 Å². The molecule has 0 unspecified atom stereocenters. The van der Waals surface area contributed by atoms with Gasteiger partial charge in [-0.1, -0.05) is 23.7 Å². The zero-order chi connectivity index (χ0) is 21.0. The molecule has 1 aromatic heterocycles. The molecule has 4 nitrogen and oxygen atoms in total. The number of aryl methyl sites for hydroxylation is 1. The molecule has 0 bridgehead atoms. The van der Waals surface area contributed by atoms with E-state index in [9.17, 15) is 13.6 Å². The summed E-state index contributed by atoms with van der Waals surface area (Å²) in [5, 5.41) is 6.68. The Balaban J connectivity index is 2.09. The first kappa shape index (κ1) is 20.6. The lowest BCUT2D eigenvalue weighted by molar-refractivity contribution is 0.112. The van der Waals surface area contributed by atoms with Gasteiger partial charge in [-0.25, -0.2) is 9.37 Å². The Kier molecular flexibility index (Phi) is 6.34. The molecule has 29 heavy (non-hydrogen) atoms. The second-order valence-electron chi connectivity index (χ2n) is 6.53. The van der Waals surface area contributed by atoms with E-state index in [0.29, 0.717) is 23.5 Å². The highest BCUT2D eigenvalue weighted by atomic mass is 35.5. The Morgan fingerprint density at radius 1 is 1.10 bits per heavy atom. The van der Waals surface area contributed by atoms with Crippen molar-refractivity contribution in [1.29, 1.82) is 0 Å². The van der Waals surface area contributed by atoms with Crippen LogP contribution in [0.4, 0.5) is 8.78 Å². The van der Waals surface area contributed by atoms with Gasteiger partial charge >= 0.3 is 0 Å². The van der Waals surface area contributed by atoms with Crippen molar-refractivity contribution in [2.45, 2.75) is 13.5 Å². The van der Waals surface area contributed by atoms with Crippen molar-refractivity contribution in [3.63, 3.8) is 0 Å². The van der Waals surface area contributed by atoms with Crippen LogP contribution < -0.4 is 0 Å². The summed E-state index contributed by atoms with van der Waals surface area (Å²) >= 11 is 5.91. The number of carbonyl (C=O) groups excluding carboxylic acids is 1. The van der Waals surface area contributed by atoms with Gasteiger partial charge in [0, 0.05) is 28.9 Å². The predicted octanol–water partition coefficient (Wildman–Crippen LogP) is 5.02. The van der Waals surface area contributed by atoms with Crippen molar-refractivity contribution in [3.05, 3.63) is 99.3 Å². The van der Waals surface area contributed by atoms with E-state index in [1.54, 1.807) is 37.2 Å². The Labute approximate surface area is 172 Å². The van der Waals surface area contributed by atoms with Gasteiger partial charge in [0.25, 0.3) is 0 Å². The molecule has 0 fully saturated rings. The minimum absolute atomic E-state index is 0.0762. The molecule has 148 valence electrons. The zero-order valence-corrected chi connectivity index (χ0v) is 16.6. The van der Waals surface area contributed by atoms with E-state index in [1.165, 1.54) is 18.2 Å². The molecule has 0 aliphatic carbocycles. The third-order valence-corrected chi connectivity index (χ3v) is 4.49. The number of benzene rings is 2. The molecule has 0 amide bonds. The minimum Gasteiger partial charge on any atom is -0.298 e. The predicted molar refractivity (Wildman–Crippen MR) is 109 cm³/mol. The minimum atomic E-state index is -0.746. The number of aromatic nitrogens is 1. The fraction of sp³-hybridized carbons (Fsp3) is 0.136. The Morgan fingerprint density at radius 2 is 1.83 bits per heavy atom. The summed E-state index contributed by atoms with van der Waals surface area (Å²) in [5.41, 5.74) is 2.00. The molecule has 0 spiro atoms. The lowest BCUT2D eigenvalue weighted by Gasteiger charge is -2.18. The van der Waals surface area contributed by atoms with Crippen molar-refractivity contribution < 1.29 is 13.6 Å². The average Bonchev–Trinajstić information content (AvgIpc) is 2.68. The number of hydrazone groups is 1.